The first-order chi connectivity index (χ1) is 8.19. The van der Waals surface area contributed by atoms with Crippen LogP contribution in [0.1, 0.15) is 51.9 Å². The molecule has 0 N–H and O–H groups in total. The van der Waals surface area contributed by atoms with E-state index in [1.54, 1.807) is 0 Å². The monoisotopic (exact) mass is 238 g/mol. The van der Waals surface area contributed by atoms with Gasteiger partial charge in [0.05, 0.1) is 0 Å². The van der Waals surface area contributed by atoms with Crippen molar-refractivity contribution in [3.8, 4) is 0 Å². The summed E-state index contributed by atoms with van der Waals surface area (Å²) in [6.45, 7) is 2.80. The number of ketones is 1. The summed E-state index contributed by atoms with van der Waals surface area (Å²) >= 11 is 0. The zero-order chi connectivity index (χ0) is 12.3. The van der Waals surface area contributed by atoms with E-state index >= 15 is 0 Å². The minimum Gasteiger partial charge on any atom is -0.370 e. The highest BCUT2D eigenvalue weighted by atomic mass is 16.5. The molecule has 3 atom stereocenters. The van der Waals surface area contributed by atoms with Crippen molar-refractivity contribution in [3.05, 3.63) is 0 Å². The van der Waals surface area contributed by atoms with E-state index in [0.29, 0.717) is 12.3 Å². The minimum atomic E-state index is -0.150. The van der Waals surface area contributed by atoms with Crippen molar-refractivity contribution in [2.45, 2.75) is 58.0 Å². The van der Waals surface area contributed by atoms with E-state index in [1.165, 1.54) is 0 Å². The highest BCUT2D eigenvalue weighted by molar-refractivity contribution is 5.83. The molecule has 0 aromatic carbocycles. The normalized spacial score (nSPS) is 37.2. The second-order valence-electron chi connectivity index (χ2n) is 5.61. The molecule has 0 spiro atoms. The van der Waals surface area contributed by atoms with Gasteiger partial charge in [-0.25, -0.2) is 0 Å². The van der Waals surface area contributed by atoms with E-state index in [1.807, 2.05) is 0 Å². The quantitative estimate of drug-likeness (QED) is 0.691. The third-order valence-electron chi connectivity index (χ3n) is 4.48. The molecule has 0 aromatic heterocycles. The molecule has 0 aromatic rings. The molecule has 1 saturated carbocycles. The molecule has 3 unspecified atom stereocenters. The summed E-state index contributed by atoms with van der Waals surface area (Å²) in [7, 11) is 0. The van der Waals surface area contributed by atoms with Gasteiger partial charge in [0.1, 0.15) is 12.4 Å². The van der Waals surface area contributed by atoms with Crippen LogP contribution in [0.3, 0.4) is 0 Å². The molecular formula is C14H22O3. The van der Waals surface area contributed by atoms with Gasteiger partial charge in [-0.15, -0.1) is 0 Å². The van der Waals surface area contributed by atoms with Crippen molar-refractivity contribution >= 4 is 12.1 Å². The molecule has 0 amide bonds. The van der Waals surface area contributed by atoms with E-state index in [9.17, 15) is 9.59 Å². The van der Waals surface area contributed by atoms with Crippen LogP contribution < -0.4 is 0 Å². The van der Waals surface area contributed by atoms with Gasteiger partial charge >= 0.3 is 0 Å². The topological polar surface area (TPSA) is 43.4 Å². The average Bonchev–Trinajstić information content (AvgIpc) is 2.98. The van der Waals surface area contributed by atoms with Gasteiger partial charge < -0.3 is 9.53 Å². The largest absolute Gasteiger partial charge is 0.370 e. The van der Waals surface area contributed by atoms with Crippen LogP contribution in [0, 0.1) is 11.3 Å². The summed E-state index contributed by atoms with van der Waals surface area (Å²) in [4.78, 5) is 23.1. The number of hydrogen-bond acceptors (Lipinski definition) is 3. The molecule has 2 fully saturated rings. The molecule has 96 valence electrons. The third-order valence-corrected chi connectivity index (χ3v) is 4.48. The fourth-order valence-electron chi connectivity index (χ4n) is 3.20. The lowest BCUT2D eigenvalue weighted by Gasteiger charge is -2.20. The number of carbonyl (C=O) groups is 2. The Labute approximate surface area is 103 Å². The Bertz CT molecular complexity index is 294. The maximum atomic E-state index is 12.0. The van der Waals surface area contributed by atoms with Crippen LogP contribution in [0.2, 0.25) is 0 Å². The molecule has 3 nitrogen and oxygen atoms in total. The molecule has 1 saturated heterocycles. The first-order valence-electron chi connectivity index (χ1n) is 6.80. The molecule has 1 heterocycles. The van der Waals surface area contributed by atoms with Crippen molar-refractivity contribution in [3.63, 3.8) is 0 Å². The molecule has 3 heteroatoms. The zero-order valence-corrected chi connectivity index (χ0v) is 10.6. The van der Waals surface area contributed by atoms with Gasteiger partial charge in [-0.2, -0.15) is 0 Å². The van der Waals surface area contributed by atoms with Crippen molar-refractivity contribution in [1.82, 2.24) is 0 Å². The second kappa shape index (κ2) is 5.30. The number of rotatable bonds is 5. The summed E-state index contributed by atoms with van der Waals surface area (Å²) < 4.78 is 5.41. The molecule has 0 bridgehead atoms. The number of Topliss-reactive ketones (excluding diaryl/α,β-unsaturated/α-hetero) is 1. The van der Waals surface area contributed by atoms with Gasteiger partial charge in [0, 0.05) is 18.4 Å². The first-order valence-corrected chi connectivity index (χ1v) is 6.80. The Morgan fingerprint density at radius 3 is 2.82 bits per heavy atom. The van der Waals surface area contributed by atoms with Gasteiger partial charge in [-0.3, -0.25) is 4.79 Å². The molecule has 1 aliphatic heterocycles. The first kappa shape index (κ1) is 12.7. The summed E-state index contributed by atoms with van der Waals surface area (Å²) in [6.07, 6.45) is 7.24. The summed E-state index contributed by atoms with van der Waals surface area (Å²) in [5.74, 6) is 0.655. The summed E-state index contributed by atoms with van der Waals surface area (Å²) in [6, 6.07) is 0. The lowest BCUT2D eigenvalue weighted by molar-refractivity contribution is -0.129. The van der Waals surface area contributed by atoms with Crippen molar-refractivity contribution in [1.29, 1.82) is 0 Å². The zero-order valence-electron chi connectivity index (χ0n) is 10.6. The highest BCUT2D eigenvalue weighted by Crippen LogP contribution is 2.44. The maximum absolute atomic E-state index is 12.0. The van der Waals surface area contributed by atoms with Gasteiger partial charge in [0.15, 0.2) is 5.78 Å². The van der Waals surface area contributed by atoms with E-state index in [-0.39, 0.29) is 17.3 Å². The van der Waals surface area contributed by atoms with Crippen LogP contribution in [0.25, 0.3) is 0 Å². The fraction of sp³-hybridized carbons (Fsp3) is 0.857. The minimum absolute atomic E-state index is 0.137. The standard InChI is InChI=1S/C14H22O3/c1-2-14(10-15)6-5-11(9-14)8-12(16)13-4-3-7-17-13/h10-11,13H,2-9H2,1H3. The molecule has 0 radical (unpaired) electrons. The summed E-state index contributed by atoms with van der Waals surface area (Å²) in [5.41, 5.74) is -0.137. The van der Waals surface area contributed by atoms with Crippen LogP contribution in [0.15, 0.2) is 0 Å². The Morgan fingerprint density at radius 1 is 1.47 bits per heavy atom. The van der Waals surface area contributed by atoms with Gasteiger partial charge in [0.25, 0.3) is 0 Å². The predicted molar refractivity (Wildman–Crippen MR) is 64.7 cm³/mol. The van der Waals surface area contributed by atoms with Crippen molar-refractivity contribution < 1.29 is 14.3 Å². The third kappa shape index (κ3) is 2.76. The Morgan fingerprint density at radius 2 is 2.29 bits per heavy atom. The van der Waals surface area contributed by atoms with E-state index < -0.39 is 0 Å². The van der Waals surface area contributed by atoms with Gasteiger partial charge in [0.2, 0.25) is 0 Å². The van der Waals surface area contributed by atoms with Gasteiger partial charge in [-0.05, 0) is 44.4 Å². The molecule has 1 aliphatic carbocycles. The van der Waals surface area contributed by atoms with Crippen LogP contribution in [-0.4, -0.2) is 24.8 Å². The second-order valence-corrected chi connectivity index (χ2v) is 5.61. The predicted octanol–water partition coefficient (Wildman–Crippen LogP) is 2.52. The average molecular weight is 238 g/mol. The lowest BCUT2D eigenvalue weighted by Crippen LogP contribution is -2.23. The Balaban J connectivity index is 1.84. The van der Waals surface area contributed by atoms with Crippen molar-refractivity contribution in [2.24, 2.45) is 11.3 Å². The van der Waals surface area contributed by atoms with Crippen LogP contribution in [0.5, 0.6) is 0 Å². The van der Waals surface area contributed by atoms with E-state index in [0.717, 1.165) is 51.4 Å². The SMILES string of the molecule is CCC1(C=O)CCC(CC(=O)C2CCCO2)C1. The Hall–Kier alpha value is -0.700. The van der Waals surface area contributed by atoms with E-state index in [4.69, 9.17) is 4.74 Å². The smallest absolute Gasteiger partial charge is 0.161 e. The lowest BCUT2D eigenvalue weighted by atomic mass is 9.83. The van der Waals surface area contributed by atoms with Crippen molar-refractivity contribution in [2.75, 3.05) is 6.61 Å². The van der Waals surface area contributed by atoms with Crippen LogP contribution in [-0.2, 0) is 14.3 Å². The number of carbonyl (C=O) groups excluding carboxylic acids is 2. The maximum Gasteiger partial charge on any atom is 0.161 e. The molecule has 17 heavy (non-hydrogen) atoms. The number of hydrogen-bond donors (Lipinski definition) is 0. The summed E-state index contributed by atoms with van der Waals surface area (Å²) in [5, 5.41) is 0. The van der Waals surface area contributed by atoms with Gasteiger partial charge in [-0.1, -0.05) is 6.92 Å². The highest BCUT2D eigenvalue weighted by Gasteiger charge is 2.39. The Kier molecular flexibility index (Phi) is 3.97. The molecule has 2 aliphatic rings. The van der Waals surface area contributed by atoms with Crippen LogP contribution in [0.4, 0.5) is 0 Å². The van der Waals surface area contributed by atoms with Crippen LogP contribution >= 0.6 is 0 Å². The molecular weight excluding hydrogens is 216 g/mol. The fourth-order valence-corrected chi connectivity index (χ4v) is 3.20. The number of aldehydes is 1. The number of ether oxygens (including phenoxy) is 1. The van der Waals surface area contributed by atoms with E-state index in [2.05, 4.69) is 6.92 Å². The molecule has 2 rings (SSSR count).